The molecule has 0 saturated carbocycles. The number of fused-ring (bicyclic) bond motifs is 2. The minimum atomic E-state index is 0.00533. The Morgan fingerprint density at radius 1 is 0.967 bits per heavy atom. The summed E-state index contributed by atoms with van der Waals surface area (Å²) < 4.78 is 0. The molecule has 1 aliphatic carbocycles. The summed E-state index contributed by atoms with van der Waals surface area (Å²) in [5, 5.41) is 2.94. The molecule has 0 N–H and O–H groups in total. The van der Waals surface area contributed by atoms with Gasteiger partial charge in [-0.05, 0) is 48.4 Å². The predicted octanol–water partition coefficient (Wildman–Crippen LogP) is 3.78. The molecule has 0 spiro atoms. The van der Waals surface area contributed by atoms with Gasteiger partial charge in [-0.25, -0.2) is 0 Å². The molecule has 6 heteroatoms. The lowest BCUT2D eigenvalue weighted by Gasteiger charge is -2.34. The van der Waals surface area contributed by atoms with Crippen molar-refractivity contribution in [3.05, 3.63) is 69.6 Å². The van der Waals surface area contributed by atoms with E-state index in [1.54, 1.807) is 17.4 Å². The van der Waals surface area contributed by atoms with Gasteiger partial charge in [0, 0.05) is 48.2 Å². The predicted molar refractivity (Wildman–Crippen MR) is 120 cm³/mol. The number of aromatic nitrogens is 1. The van der Waals surface area contributed by atoms with Crippen LogP contribution in [0.3, 0.4) is 0 Å². The summed E-state index contributed by atoms with van der Waals surface area (Å²) in [4.78, 5) is 35.6. The van der Waals surface area contributed by atoms with Gasteiger partial charge in [0.15, 0.2) is 0 Å². The van der Waals surface area contributed by atoms with Crippen molar-refractivity contribution in [2.75, 3.05) is 26.2 Å². The minimum Gasteiger partial charge on any atom is -0.336 e. The number of carbonyl (C=O) groups excluding carboxylic acids is 2. The summed E-state index contributed by atoms with van der Waals surface area (Å²) in [6.07, 6.45) is 6.40. The molecule has 152 valence electrons. The van der Waals surface area contributed by atoms with Gasteiger partial charge in [0.25, 0.3) is 5.91 Å². The second-order valence-electron chi connectivity index (χ2n) is 7.75. The van der Waals surface area contributed by atoms with Crippen LogP contribution < -0.4 is 0 Å². The van der Waals surface area contributed by atoms with E-state index in [-0.39, 0.29) is 11.8 Å². The van der Waals surface area contributed by atoms with E-state index in [1.165, 1.54) is 0 Å². The Kier molecular flexibility index (Phi) is 5.09. The van der Waals surface area contributed by atoms with Gasteiger partial charge in [-0.3, -0.25) is 14.6 Å². The number of thiophene rings is 1. The Labute approximate surface area is 179 Å². The first-order valence-corrected chi connectivity index (χ1v) is 11.3. The fourth-order valence-corrected chi connectivity index (χ4v) is 5.01. The Hall–Kier alpha value is -2.99. The first kappa shape index (κ1) is 19.0. The number of piperazine rings is 1. The number of rotatable bonds is 3. The van der Waals surface area contributed by atoms with Crippen molar-refractivity contribution < 1.29 is 9.59 Å². The molecule has 1 fully saturated rings. The third-order valence-electron chi connectivity index (χ3n) is 5.95. The third-order valence-corrected chi connectivity index (χ3v) is 6.78. The van der Waals surface area contributed by atoms with Crippen LogP contribution in [0.25, 0.3) is 17.0 Å². The van der Waals surface area contributed by atoms with Crippen LogP contribution >= 0.6 is 11.3 Å². The average molecular weight is 418 g/mol. The molecule has 3 heterocycles. The number of para-hydroxylation sites is 1. The Morgan fingerprint density at radius 2 is 1.77 bits per heavy atom. The molecule has 5 nitrogen and oxygen atoms in total. The summed E-state index contributed by atoms with van der Waals surface area (Å²) in [5.41, 5.74) is 3.92. The second kappa shape index (κ2) is 8.03. The highest BCUT2D eigenvalue weighted by atomic mass is 32.1. The Morgan fingerprint density at radius 3 is 2.57 bits per heavy atom. The van der Waals surface area contributed by atoms with Gasteiger partial charge in [0.2, 0.25) is 5.91 Å². The van der Waals surface area contributed by atoms with Crippen LogP contribution in [-0.2, 0) is 17.6 Å². The molecule has 30 heavy (non-hydrogen) atoms. The zero-order valence-electron chi connectivity index (χ0n) is 16.7. The van der Waals surface area contributed by atoms with E-state index in [2.05, 4.69) is 0 Å². The fourth-order valence-electron chi connectivity index (χ4n) is 4.39. The summed E-state index contributed by atoms with van der Waals surface area (Å²) in [7, 11) is 0. The third kappa shape index (κ3) is 3.52. The van der Waals surface area contributed by atoms with E-state index in [0.717, 1.165) is 51.9 Å². The Balaban J connectivity index is 1.33. The van der Waals surface area contributed by atoms with E-state index in [9.17, 15) is 9.59 Å². The SMILES string of the molecule is O=C(C=Cc1cccs1)N1CCN(C(=O)c2c3c(nc4ccccc24)CCC3)CC1. The van der Waals surface area contributed by atoms with Crippen molar-refractivity contribution in [3.63, 3.8) is 0 Å². The van der Waals surface area contributed by atoms with E-state index in [4.69, 9.17) is 4.98 Å². The molecule has 2 aromatic heterocycles. The van der Waals surface area contributed by atoms with E-state index in [1.807, 2.05) is 57.7 Å². The molecule has 1 aliphatic heterocycles. The fraction of sp³-hybridized carbons (Fsp3) is 0.292. The molecule has 0 atom stereocenters. The van der Waals surface area contributed by atoms with E-state index < -0.39 is 0 Å². The first-order chi connectivity index (χ1) is 14.7. The van der Waals surface area contributed by atoms with Crippen molar-refractivity contribution in [2.45, 2.75) is 19.3 Å². The van der Waals surface area contributed by atoms with Gasteiger partial charge < -0.3 is 9.80 Å². The number of hydrogen-bond donors (Lipinski definition) is 0. The molecule has 0 bridgehead atoms. The number of benzene rings is 1. The second-order valence-corrected chi connectivity index (χ2v) is 8.73. The van der Waals surface area contributed by atoms with Gasteiger partial charge in [0.1, 0.15) is 0 Å². The van der Waals surface area contributed by atoms with Gasteiger partial charge in [-0.1, -0.05) is 24.3 Å². The van der Waals surface area contributed by atoms with Crippen molar-refractivity contribution in [3.8, 4) is 0 Å². The molecular weight excluding hydrogens is 394 g/mol. The molecule has 2 amide bonds. The molecule has 5 rings (SSSR count). The smallest absolute Gasteiger partial charge is 0.255 e. The topological polar surface area (TPSA) is 53.5 Å². The van der Waals surface area contributed by atoms with E-state index >= 15 is 0 Å². The van der Waals surface area contributed by atoms with Crippen LogP contribution in [0.5, 0.6) is 0 Å². The van der Waals surface area contributed by atoms with Gasteiger partial charge in [0.05, 0.1) is 11.1 Å². The van der Waals surface area contributed by atoms with Gasteiger partial charge in [-0.15, -0.1) is 11.3 Å². The summed E-state index contributed by atoms with van der Waals surface area (Å²) >= 11 is 1.61. The molecule has 1 saturated heterocycles. The maximum absolute atomic E-state index is 13.5. The van der Waals surface area contributed by atoms with Crippen LogP contribution in [-0.4, -0.2) is 52.8 Å². The molecule has 0 unspecified atom stereocenters. The normalized spacial score (nSPS) is 16.4. The summed E-state index contributed by atoms with van der Waals surface area (Å²) in [5.74, 6) is 0.0822. The van der Waals surface area contributed by atoms with Crippen LogP contribution in [0.2, 0.25) is 0 Å². The zero-order chi connectivity index (χ0) is 20.5. The maximum Gasteiger partial charge on any atom is 0.255 e. The van der Waals surface area contributed by atoms with Gasteiger partial charge in [-0.2, -0.15) is 0 Å². The van der Waals surface area contributed by atoms with E-state index in [0.29, 0.717) is 26.2 Å². The standard InChI is InChI=1S/C24H23N3O2S/c28-22(11-10-17-5-4-16-30-17)26-12-14-27(15-13-26)24(29)23-18-6-1-2-8-20(18)25-21-9-3-7-19(21)23/h1-2,4-6,8,10-11,16H,3,7,9,12-15H2. The zero-order valence-corrected chi connectivity index (χ0v) is 17.5. The monoisotopic (exact) mass is 417 g/mol. The molecule has 1 aromatic carbocycles. The average Bonchev–Trinajstić information content (AvgIpc) is 3.47. The lowest BCUT2D eigenvalue weighted by molar-refractivity contribution is -0.127. The highest BCUT2D eigenvalue weighted by Crippen LogP contribution is 2.31. The van der Waals surface area contributed by atoms with Crippen LogP contribution in [0.4, 0.5) is 0 Å². The number of nitrogens with zero attached hydrogens (tertiary/aromatic N) is 3. The first-order valence-electron chi connectivity index (χ1n) is 10.4. The highest BCUT2D eigenvalue weighted by molar-refractivity contribution is 7.10. The molecular formula is C24H23N3O2S. The van der Waals surface area contributed by atoms with Crippen molar-refractivity contribution in [1.29, 1.82) is 0 Å². The van der Waals surface area contributed by atoms with Crippen molar-refractivity contribution in [1.82, 2.24) is 14.8 Å². The maximum atomic E-state index is 13.5. The summed E-state index contributed by atoms with van der Waals surface area (Å²) in [6, 6.07) is 11.9. The Bertz CT molecular complexity index is 1130. The minimum absolute atomic E-state index is 0.00533. The molecule has 0 radical (unpaired) electrons. The highest BCUT2D eigenvalue weighted by Gasteiger charge is 2.29. The number of aryl methyl sites for hydroxylation is 1. The largest absolute Gasteiger partial charge is 0.336 e. The van der Waals surface area contributed by atoms with Gasteiger partial charge >= 0.3 is 0 Å². The van der Waals surface area contributed by atoms with Crippen molar-refractivity contribution >= 4 is 40.1 Å². The van der Waals surface area contributed by atoms with Crippen LogP contribution in [0.15, 0.2) is 47.9 Å². The summed E-state index contributed by atoms with van der Waals surface area (Å²) in [6.45, 7) is 2.24. The molecule has 3 aromatic rings. The lowest BCUT2D eigenvalue weighted by atomic mass is 9.99. The number of hydrogen-bond acceptors (Lipinski definition) is 4. The quantitative estimate of drug-likeness (QED) is 0.610. The van der Waals surface area contributed by atoms with Crippen LogP contribution in [0.1, 0.15) is 32.9 Å². The van der Waals surface area contributed by atoms with Crippen LogP contribution in [0, 0.1) is 0 Å². The number of carbonyl (C=O) groups is 2. The van der Waals surface area contributed by atoms with Crippen molar-refractivity contribution in [2.24, 2.45) is 0 Å². The molecule has 2 aliphatic rings. The number of pyridine rings is 1. The number of amides is 2. The lowest BCUT2D eigenvalue weighted by Crippen LogP contribution is -2.50.